The lowest BCUT2D eigenvalue weighted by Gasteiger charge is -2.39. The highest BCUT2D eigenvalue weighted by Gasteiger charge is 2.37. The third kappa shape index (κ3) is 6.39. The maximum atomic E-state index is 13.9. The highest BCUT2D eigenvalue weighted by Crippen LogP contribution is 2.36. The van der Waals surface area contributed by atoms with Gasteiger partial charge in [0.25, 0.3) is 0 Å². The summed E-state index contributed by atoms with van der Waals surface area (Å²) in [6.45, 7) is 6.24. The molecule has 3 nitrogen and oxygen atoms in total. The van der Waals surface area contributed by atoms with Gasteiger partial charge in [-0.05, 0) is 77.6 Å². The Morgan fingerprint density at radius 1 is 0.943 bits per heavy atom. The largest absolute Gasteiger partial charge is 0.390 e. The summed E-state index contributed by atoms with van der Waals surface area (Å²) in [5.41, 5.74) is 3.02. The Morgan fingerprint density at radius 2 is 1.71 bits per heavy atom. The molecule has 1 aromatic heterocycles. The van der Waals surface area contributed by atoms with Crippen LogP contribution in [0.25, 0.3) is 0 Å². The Labute approximate surface area is 213 Å². The van der Waals surface area contributed by atoms with Crippen molar-refractivity contribution >= 4 is 11.3 Å². The number of aryl methyl sites for hydroxylation is 1. The van der Waals surface area contributed by atoms with E-state index in [2.05, 4.69) is 57.0 Å². The molecule has 0 saturated carbocycles. The van der Waals surface area contributed by atoms with Crippen molar-refractivity contribution in [1.82, 2.24) is 9.80 Å². The van der Waals surface area contributed by atoms with E-state index in [-0.39, 0.29) is 5.82 Å². The lowest BCUT2D eigenvalue weighted by Crippen LogP contribution is -2.46. The Bertz CT molecular complexity index is 1050. The van der Waals surface area contributed by atoms with Crippen molar-refractivity contribution in [2.75, 3.05) is 32.7 Å². The van der Waals surface area contributed by atoms with Crippen molar-refractivity contribution in [3.63, 3.8) is 0 Å². The molecule has 2 aliphatic heterocycles. The van der Waals surface area contributed by atoms with Crippen molar-refractivity contribution in [3.8, 4) is 0 Å². The van der Waals surface area contributed by atoms with E-state index in [1.165, 1.54) is 17.2 Å². The van der Waals surface area contributed by atoms with E-state index in [1.807, 2.05) is 12.1 Å². The van der Waals surface area contributed by atoms with Gasteiger partial charge in [0, 0.05) is 45.2 Å². The summed E-state index contributed by atoms with van der Waals surface area (Å²) in [5.74, 6) is 1.06. The average Bonchev–Trinajstić information content (AvgIpc) is 3.53. The monoisotopic (exact) mass is 492 g/mol. The molecular formula is C30H37FN2OS. The van der Waals surface area contributed by atoms with Gasteiger partial charge in [-0.1, -0.05) is 48.5 Å². The summed E-state index contributed by atoms with van der Waals surface area (Å²) in [6.07, 6.45) is 3.90. The Balaban J connectivity index is 1.14. The molecule has 186 valence electrons. The molecule has 2 atom stereocenters. The molecule has 5 heteroatoms. The fourth-order valence-electron chi connectivity index (χ4n) is 6.02. The maximum absolute atomic E-state index is 13.9. The van der Waals surface area contributed by atoms with E-state index in [9.17, 15) is 9.50 Å². The number of hydrogen-bond donors (Lipinski definition) is 1. The van der Waals surface area contributed by atoms with Gasteiger partial charge in [-0.15, -0.1) is 0 Å². The summed E-state index contributed by atoms with van der Waals surface area (Å²) in [6, 6.07) is 20.1. The standard InChI is InChI=1S/C30H37FN2OS/c31-29-11-5-4-9-25(29)10-6-13-30(34)14-16-32(17-15-30)20-27-21-33(19-24-7-2-1-3-8-24)22-28(27)26-12-18-35-23-26/h1-5,7-9,11-12,18,23,27-28,34H,6,10,13-17,19-22H2. The average molecular weight is 493 g/mol. The van der Waals surface area contributed by atoms with Gasteiger partial charge in [-0.25, -0.2) is 4.39 Å². The van der Waals surface area contributed by atoms with E-state index in [1.54, 1.807) is 17.4 Å². The van der Waals surface area contributed by atoms with Gasteiger partial charge in [0.2, 0.25) is 0 Å². The first-order valence-corrected chi connectivity index (χ1v) is 14.0. The number of nitrogens with zero attached hydrogens (tertiary/aromatic N) is 2. The number of benzene rings is 2. The molecule has 3 heterocycles. The van der Waals surface area contributed by atoms with E-state index < -0.39 is 5.60 Å². The van der Waals surface area contributed by atoms with Crippen molar-refractivity contribution in [3.05, 3.63) is 93.9 Å². The van der Waals surface area contributed by atoms with Crippen molar-refractivity contribution in [1.29, 1.82) is 0 Å². The highest BCUT2D eigenvalue weighted by molar-refractivity contribution is 7.08. The van der Waals surface area contributed by atoms with Crippen LogP contribution in [-0.4, -0.2) is 53.2 Å². The molecule has 0 bridgehead atoms. The number of thiophene rings is 1. The second kappa shape index (κ2) is 11.3. The predicted molar refractivity (Wildman–Crippen MR) is 142 cm³/mol. The molecule has 2 aromatic carbocycles. The molecule has 0 spiro atoms. The van der Waals surface area contributed by atoms with Crippen LogP contribution in [0, 0.1) is 11.7 Å². The first-order valence-electron chi connectivity index (χ1n) is 13.0. The molecule has 0 aliphatic carbocycles. The number of rotatable bonds is 9. The lowest BCUT2D eigenvalue weighted by molar-refractivity contribution is -0.0316. The van der Waals surface area contributed by atoms with Gasteiger partial charge in [0.15, 0.2) is 0 Å². The Morgan fingerprint density at radius 3 is 2.46 bits per heavy atom. The highest BCUT2D eigenvalue weighted by atomic mass is 32.1. The zero-order valence-electron chi connectivity index (χ0n) is 20.5. The minimum absolute atomic E-state index is 0.132. The summed E-state index contributed by atoms with van der Waals surface area (Å²) in [5, 5.41) is 15.7. The van der Waals surface area contributed by atoms with Gasteiger partial charge < -0.3 is 10.0 Å². The van der Waals surface area contributed by atoms with Gasteiger partial charge in [0.1, 0.15) is 5.82 Å². The minimum atomic E-state index is -0.608. The fourth-order valence-corrected chi connectivity index (χ4v) is 6.75. The number of halogens is 1. The lowest BCUT2D eigenvalue weighted by atomic mass is 9.84. The molecule has 2 saturated heterocycles. The van der Waals surface area contributed by atoms with E-state index in [0.717, 1.165) is 70.5 Å². The zero-order valence-corrected chi connectivity index (χ0v) is 21.3. The number of aliphatic hydroxyl groups is 1. The summed E-state index contributed by atoms with van der Waals surface area (Å²) >= 11 is 1.80. The van der Waals surface area contributed by atoms with Gasteiger partial charge in [-0.3, -0.25) is 4.90 Å². The molecule has 2 unspecified atom stereocenters. The molecule has 1 N–H and O–H groups in total. The Hall–Kier alpha value is -2.05. The van der Waals surface area contributed by atoms with Gasteiger partial charge in [-0.2, -0.15) is 11.3 Å². The van der Waals surface area contributed by atoms with Crippen molar-refractivity contribution in [2.45, 2.75) is 50.2 Å². The van der Waals surface area contributed by atoms with E-state index in [0.29, 0.717) is 18.3 Å². The van der Waals surface area contributed by atoms with Crippen molar-refractivity contribution < 1.29 is 9.50 Å². The van der Waals surface area contributed by atoms with Crippen molar-refractivity contribution in [2.24, 2.45) is 5.92 Å². The molecule has 2 fully saturated rings. The Kier molecular flexibility index (Phi) is 7.98. The van der Waals surface area contributed by atoms with Crippen LogP contribution in [0.2, 0.25) is 0 Å². The molecule has 0 radical (unpaired) electrons. The third-order valence-electron chi connectivity index (χ3n) is 8.06. The van der Waals surface area contributed by atoms with Gasteiger partial charge in [0.05, 0.1) is 5.60 Å². The van der Waals surface area contributed by atoms with Gasteiger partial charge >= 0.3 is 0 Å². The van der Waals surface area contributed by atoms with Crippen LogP contribution in [0.15, 0.2) is 71.4 Å². The second-order valence-electron chi connectivity index (χ2n) is 10.6. The fraction of sp³-hybridized carbons (Fsp3) is 0.467. The van der Waals surface area contributed by atoms with Crippen LogP contribution in [0.4, 0.5) is 4.39 Å². The molecule has 0 amide bonds. The first-order chi connectivity index (χ1) is 17.1. The predicted octanol–water partition coefficient (Wildman–Crippen LogP) is 5.95. The second-order valence-corrected chi connectivity index (χ2v) is 11.4. The summed E-state index contributed by atoms with van der Waals surface area (Å²) in [7, 11) is 0. The topological polar surface area (TPSA) is 26.7 Å². The SMILES string of the molecule is OC1(CCCc2ccccc2F)CCN(CC2CN(Cc3ccccc3)CC2c2ccsc2)CC1. The summed E-state index contributed by atoms with van der Waals surface area (Å²) < 4.78 is 13.9. The van der Waals surface area contributed by atoms with Crippen LogP contribution < -0.4 is 0 Å². The van der Waals surface area contributed by atoms with E-state index in [4.69, 9.17) is 0 Å². The van der Waals surface area contributed by atoms with Crippen LogP contribution in [0.1, 0.15) is 48.3 Å². The minimum Gasteiger partial charge on any atom is -0.390 e. The zero-order chi connectivity index (χ0) is 24.1. The third-order valence-corrected chi connectivity index (χ3v) is 8.76. The summed E-state index contributed by atoms with van der Waals surface area (Å²) in [4.78, 5) is 5.19. The van der Waals surface area contributed by atoms with Crippen LogP contribution >= 0.6 is 11.3 Å². The maximum Gasteiger partial charge on any atom is 0.126 e. The quantitative estimate of drug-likeness (QED) is 0.400. The molecule has 2 aliphatic rings. The van der Waals surface area contributed by atoms with Crippen LogP contribution in [0.3, 0.4) is 0 Å². The van der Waals surface area contributed by atoms with Crippen LogP contribution in [-0.2, 0) is 13.0 Å². The number of hydrogen-bond acceptors (Lipinski definition) is 4. The molecule has 5 rings (SSSR count). The number of likely N-dealkylation sites (tertiary alicyclic amines) is 2. The molecule has 35 heavy (non-hydrogen) atoms. The molecule has 3 aromatic rings. The normalized spacial score (nSPS) is 23.0. The van der Waals surface area contributed by atoms with E-state index >= 15 is 0 Å². The first kappa shape index (κ1) is 24.6. The van der Waals surface area contributed by atoms with Crippen LogP contribution in [0.5, 0.6) is 0 Å². The number of piperidine rings is 1. The molecular weight excluding hydrogens is 455 g/mol. The smallest absolute Gasteiger partial charge is 0.126 e.